The first-order chi connectivity index (χ1) is 9.63. The van der Waals surface area contributed by atoms with E-state index in [9.17, 15) is 9.59 Å². The highest BCUT2D eigenvalue weighted by molar-refractivity contribution is 5.79. The van der Waals surface area contributed by atoms with Crippen LogP contribution in [0.2, 0.25) is 0 Å². The van der Waals surface area contributed by atoms with Crippen LogP contribution in [0.5, 0.6) is 0 Å². The van der Waals surface area contributed by atoms with Crippen molar-refractivity contribution in [1.29, 1.82) is 0 Å². The number of rotatable bonds is 3. The number of carbonyl (C=O) groups is 2. The number of hydrogen-bond donors (Lipinski definition) is 2. The van der Waals surface area contributed by atoms with E-state index in [1.165, 1.54) is 7.11 Å². The van der Waals surface area contributed by atoms with E-state index in [0.29, 0.717) is 12.5 Å². The predicted molar refractivity (Wildman–Crippen MR) is 75.0 cm³/mol. The van der Waals surface area contributed by atoms with E-state index in [1.807, 2.05) is 4.90 Å². The fourth-order valence-electron chi connectivity index (χ4n) is 3.21. The van der Waals surface area contributed by atoms with Gasteiger partial charge in [-0.25, -0.2) is 4.79 Å². The maximum atomic E-state index is 12.4. The normalized spacial score (nSPS) is 30.1. The number of nitrogens with two attached hydrogens (primary N) is 1. The Labute approximate surface area is 120 Å². The molecule has 6 heteroatoms. The summed E-state index contributed by atoms with van der Waals surface area (Å²) in [6.07, 6.45) is 4.40. The lowest BCUT2D eigenvalue weighted by atomic mass is 9.81. The van der Waals surface area contributed by atoms with Crippen molar-refractivity contribution in [2.45, 2.75) is 38.1 Å². The quantitative estimate of drug-likeness (QED) is 0.799. The van der Waals surface area contributed by atoms with Crippen LogP contribution in [0.4, 0.5) is 4.79 Å². The second-order valence-electron chi connectivity index (χ2n) is 5.86. The van der Waals surface area contributed by atoms with Gasteiger partial charge < -0.3 is 20.7 Å². The molecule has 1 aliphatic carbocycles. The van der Waals surface area contributed by atoms with Crippen molar-refractivity contribution in [2.75, 3.05) is 26.7 Å². The summed E-state index contributed by atoms with van der Waals surface area (Å²) in [4.78, 5) is 25.5. The highest BCUT2D eigenvalue weighted by Crippen LogP contribution is 2.30. The van der Waals surface area contributed by atoms with Gasteiger partial charge in [0.15, 0.2) is 0 Å². The van der Waals surface area contributed by atoms with Crippen LogP contribution >= 0.6 is 0 Å². The lowest BCUT2D eigenvalue weighted by molar-refractivity contribution is -0.135. The number of hydrogen-bond acceptors (Lipinski definition) is 4. The average Bonchev–Trinajstić information content (AvgIpc) is 2.95. The van der Waals surface area contributed by atoms with Gasteiger partial charge in [0.2, 0.25) is 5.91 Å². The van der Waals surface area contributed by atoms with Crippen molar-refractivity contribution in [3.8, 4) is 0 Å². The van der Waals surface area contributed by atoms with Gasteiger partial charge in [-0.2, -0.15) is 0 Å². The topological polar surface area (TPSA) is 84.7 Å². The summed E-state index contributed by atoms with van der Waals surface area (Å²) in [5.74, 6) is 0.982. The zero-order valence-electron chi connectivity index (χ0n) is 12.1. The molecule has 114 valence electrons. The molecule has 1 atom stereocenters. The van der Waals surface area contributed by atoms with Crippen LogP contribution in [0.25, 0.3) is 0 Å². The van der Waals surface area contributed by atoms with E-state index in [2.05, 4.69) is 10.1 Å². The minimum Gasteiger partial charge on any atom is -0.453 e. The summed E-state index contributed by atoms with van der Waals surface area (Å²) in [6.45, 7) is 2.06. The standard InChI is InChI=1S/C14H25N3O3/c1-20-14(19)16-12-6-7-17(9-12)13(18)11-4-2-10(8-15)3-5-11/h10-12H,2-9,15H2,1H3,(H,16,19). The largest absolute Gasteiger partial charge is 0.453 e. The zero-order chi connectivity index (χ0) is 14.5. The van der Waals surface area contributed by atoms with Gasteiger partial charge in [-0.05, 0) is 44.6 Å². The number of alkyl carbamates (subject to hydrolysis) is 1. The van der Waals surface area contributed by atoms with Crippen LogP contribution in [0, 0.1) is 11.8 Å². The summed E-state index contributed by atoms with van der Waals surface area (Å²) >= 11 is 0. The van der Waals surface area contributed by atoms with Crippen LogP contribution < -0.4 is 11.1 Å². The maximum absolute atomic E-state index is 12.4. The van der Waals surface area contributed by atoms with Crippen molar-refractivity contribution >= 4 is 12.0 Å². The minimum absolute atomic E-state index is 0.0202. The predicted octanol–water partition coefficient (Wildman–Crippen LogP) is 0.708. The molecule has 0 radical (unpaired) electrons. The number of methoxy groups -OCH3 is 1. The fraction of sp³-hybridized carbons (Fsp3) is 0.857. The molecule has 20 heavy (non-hydrogen) atoms. The van der Waals surface area contributed by atoms with Crippen LogP contribution in [0.3, 0.4) is 0 Å². The highest BCUT2D eigenvalue weighted by Gasteiger charge is 2.33. The molecule has 1 heterocycles. The number of likely N-dealkylation sites (tertiary alicyclic amines) is 1. The number of amides is 2. The molecule has 1 unspecified atom stereocenters. The Morgan fingerprint density at radius 2 is 1.95 bits per heavy atom. The Balaban J connectivity index is 1.78. The molecule has 2 fully saturated rings. The van der Waals surface area contributed by atoms with Gasteiger partial charge in [0.1, 0.15) is 0 Å². The molecule has 0 aromatic carbocycles. The molecule has 6 nitrogen and oxygen atoms in total. The van der Waals surface area contributed by atoms with Gasteiger partial charge in [0.25, 0.3) is 0 Å². The van der Waals surface area contributed by atoms with Gasteiger partial charge >= 0.3 is 6.09 Å². The van der Waals surface area contributed by atoms with Gasteiger partial charge in [-0.15, -0.1) is 0 Å². The number of carbonyl (C=O) groups excluding carboxylic acids is 2. The van der Waals surface area contributed by atoms with Gasteiger partial charge in [-0.1, -0.05) is 0 Å². The summed E-state index contributed by atoms with van der Waals surface area (Å²) < 4.78 is 4.58. The van der Waals surface area contributed by atoms with Crippen molar-refractivity contribution in [3.63, 3.8) is 0 Å². The highest BCUT2D eigenvalue weighted by atomic mass is 16.5. The second-order valence-corrected chi connectivity index (χ2v) is 5.86. The Kier molecular flexibility index (Phi) is 5.23. The third-order valence-electron chi connectivity index (χ3n) is 4.54. The molecule has 2 amide bonds. The number of nitrogens with zero attached hydrogens (tertiary/aromatic N) is 1. The smallest absolute Gasteiger partial charge is 0.407 e. The minimum atomic E-state index is -0.423. The van der Waals surface area contributed by atoms with E-state index in [4.69, 9.17) is 5.73 Å². The number of nitrogens with one attached hydrogen (secondary N) is 1. The third-order valence-corrected chi connectivity index (χ3v) is 4.54. The van der Waals surface area contributed by atoms with Crippen LogP contribution in [0.1, 0.15) is 32.1 Å². The molecule has 0 aromatic rings. The van der Waals surface area contributed by atoms with Gasteiger partial charge in [0.05, 0.1) is 13.2 Å². The number of ether oxygens (including phenoxy) is 1. The molecule has 0 bridgehead atoms. The Morgan fingerprint density at radius 3 is 2.55 bits per heavy atom. The Hall–Kier alpha value is -1.30. The summed E-state index contributed by atoms with van der Waals surface area (Å²) in [5, 5.41) is 2.76. The Morgan fingerprint density at radius 1 is 1.25 bits per heavy atom. The molecule has 1 aliphatic heterocycles. The SMILES string of the molecule is COC(=O)NC1CCN(C(=O)C2CCC(CN)CC2)C1. The van der Waals surface area contributed by atoms with E-state index in [0.717, 1.165) is 45.2 Å². The van der Waals surface area contributed by atoms with Crippen LogP contribution in [-0.2, 0) is 9.53 Å². The summed E-state index contributed by atoms with van der Waals surface area (Å²) in [5.41, 5.74) is 5.68. The monoisotopic (exact) mass is 283 g/mol. The fourth-order valence-corrected chi connectivity index (χ4v) is 3.21. The molecular formula is C14H25N3O3. The van der Waals surface area contributed by atoms with Gasteiger partial charge in [-0.3, -0.25) is 4.79 Å². The van der Waals surface area contributed by atoms with E-state index in [-0.39, 0.29) is 17.9 Å². The Bertz CT molecular complexity index is 354. The average molecular weight is 283 g/mol. The molecule has 0 aromatic heterocycles. The molecule has 2 rings (SSSR count). The van der Waals surface area contributed by atoms with Crippen molar-refractivity contribution in [2.24, 2.45) is 17.6 Å². The third kappa shape index (κ3) is 3.62. The van der Waals surface area contributed by atoms with Crippen LogP contribution in [0.15, 0.2) is 0 Å². The lowest BCUT2D eigenvalue weighted by Crippen LogP contribution is -2.41. The first kappa shape index (κ1) is 15.1. The zero-order valence-corrected chi connectivity index (χ0v) is 12.1. The van der Waals surface area contributed by atoms with E-state index < -0.39 is 6.09 Å². The second kappa shape index (κ2) is 6.92. The molecule has 1 saturated carbocycles. The van der Waals surface area contributed by atoms with Gasteiger partial charge in [0, 0.05) is 19.0 Å². The lowest BCUT2D eigenvalue weighted by Gasteiger charge is -2.30. The molecule has 0 spiro atoms. The molecule has 1 saturated heterocycles. The van der Waals surface area contributed by atoms with E-state index in [1.54, 1.807) is 0 Å². The van der Waals surface area contributed by atoms with E-state index >= 15 is 0 Å². The van der Waals surface area contributed by atoms with Crippen LogP contribution in [-0.4, -0.2) is 49.7 Å². The molecule has 3 N–H and O–H groups in total. The summed E-state index contributed by atoms with van der Waals surface area (Å²) in [6, 6.07) is 0.0202. The first-order valence-electron chi connectivity index (χ1n) is 7.47. The van der Waals surface area contributed by atoms with Crippen molar-refractivity contribution in [3.05, 3.63) is 0 Å². The maximum Gasteiger partial charge on any atom is 0.407 e. The molecular weight excluding hydrogens is 258 g/mol. The van der Waals surface area contributed by atoms with Crippen molar-refractivity contribution < 1.29 is 14.3 Å². The molecule has 2 aliphatic rings. The van der Waals surface area contributed by atoms with Crippen molar-refractivity contribution in [1.82, 2.24) is 10.2 Å². The first-order valence-corrected chi connectivity index (χ1v) is 7.47. The summed E-state index contributed by atoms with van der Waals surface area (Å²) in [7, 11) is 1.35.